The molecule has 0 radical (unpaired) electrons. The third kappa shape index (κ3) is 3.63. The van der Waals surface area contributed by atoms with E-state index in [1.165, 1.54) is 13.2 Å². The minimum atomic E-state index is -1.55. The number of methoxy groups -OCH3 is 1. The molecule has 1 saturated heterocycles. The predicted octanol–water partition coefficient (Wildman–Crippen LogP) is -4.59. The lowest BCUT2D eigenvalue weighted by Crippen LogP contribution is -2.67. The fraction of sp³-hybridized carbons (Fsp3) is 0.857. The maximum atomic E-state index is 10.3. The Labute approximate surface area is 138 Å². The molecule has 0 bridgehead atoms. The lowest BCUT2D eigenvalue weighted by atomic mass is 9.86. The van der Waals surface area contributed by atoms with Gasteiger partial charge in [-0.25, -0.2) is 0 Å². The second-order valence-corrected chi connectivity index (χ2v) is 5.99. The Morgan fingerprint density at radius 1 is 1.04 bits per heavy atom. The molecule has 2 rings (SSSR count). The molecule has 24 heavy (non-hydrogen) atoms. The van der Waals surface area contributed by atoms with Crippen LogP contribution < -0.4 is 5.32 Å². The summed E-state index contributed by atoms with van der Waals surface area (Å²) in [6, 6.07) is -2.02. The van der Waals surface area contributed by atoms with Crippen molar-refractivity contribution in [3.8, 4) is 0 Å². The molecule has 0 saturated carbocycles. The van der Waals surface area contributed by atoms with Gasteiger partial charge in [0, 0.05) is 7.11 Å². The number of ether oxygens (including phenoxy) is 2. The maximum absolute atomic E-state index is 10.3. The Morgan fingerprint density at radius 2 is 1.71 bits per heavy atom. The Kier molecular flexibility index (Phi) is 6.67. The summed E-state index contributed by atoms with van der Waals surface area (Å²) in [5.74, 6) is 0. The van der Waals surface area contributed by atoms with E-state index in [0.29, 0.717) is 0 Å². The number of hydrogen-bond acceptors (Lipinski definition) is 10. The zero-order valence-corrected chi connectivity index (χ0v) is 13.1. The highest BCUT2D eigenvalue weighted by molar-refractivity contribution is 5.22. The molecule has 0 aromatic heterocycles. The van der Waals surface area contributed by atoms with E-state index in [-0.39, 0.29) is 5.57 Å². The van der Waals surface area contributed by atoms with Crippen molar-refractivity contribution in [2.75, 3.05) is 20.3 Å². The lowest BCUT2D eigenvalue weighted by Gasteiger charge is -2.44. The van der Waals surface area contributed by atoms with Gasteiger partial charge in [-0.1, -0.05) is 6.08 Å². The van der Waals surface area contributed by atoms with E-state index in [0.717, 1.165) is 0 Å². The van der Waals surface area contributed by atoms with Crippen LogP contribution in [0.3, 0.4) is 0 Å². The summed E-state index contributed by atoms with van der Waals surface area (Å²) in [6.07, 6.45) is -7.85. The molecule has 0 unspecified atom stereocenters. The van der Waals surface area contributed by atoms with Crippen LogP contribution in [0.1, 0.15) is 0 Å². The maximum Gasteiger partial charge on any atom is 0.185 e. The largest absolute Gasteiger partial charge is 0.394 e. The van der Waals surface area contributed by atoms with Crippen LogP contribution in [-0.4, -0.2) is 111 Å². The normalized spacial score (nSPS) is 46.7. The first-order chi connectivity index (χ1) is 11.3. The highest BCUT2D eigenvalue weighted by Crippen LogP contribution is 2.25. The van der Waals surface area contributed by atoms with Crippen molar-refractivity contribution in [1.29, 1.82) is 0 Å². The van der Waals surface area contributed by atoms with E-state index >= 15 is 0 Å². The fourth-order valence-electron chi connectivity index (χ4n) is 3.04. The van der Waals surface area contributed by atoms with Crippen LogP contribution in [-0.2, 0) is 9.47 Å². The van der Waals surface area contributed by atoms with E-state index in [2.05, 4.69) is 5.32 Å². The zero-order chi connectivity index (χ0) is 18.0. The van der Waals surface area contributed by atoms with E-state index in [9.17, 15) is 35.7 Å². The molecular formula is C14H25NO9. The van der Waals surface area contributed by atoms with Gasteiger partial charge in [-0.05, 0) is 5.57 Å². The average Bonchev–Trinajstić information content (AvgIpc) is 2.58. The summed E-state index contributed by atoms with van der Waals surface area (Å²) in [7, 11) is 1.29. The van der Waals surface area contributed by atoms with Crippen LogP contribution >= 0.6 is 0 Å². The molecule has 140 valence electrons. The van der Waals surface area contributed by atoms with Gasteiger partial charge in [-0.15, -0.1) is 0 Å². The van der Waals surface area contributed by atoms with Gasteiger partial charge < -0.3 is 50.5 Å². The van der Waals surface area contributed by atoms with Gasteiger partial charge in [0.05, 0.1) is 25.3 Å². The van der Waals surface area contributed by atoms with Gasteiger partial charge in [0.2, 0.25) is 0 Å². The Balaban J connectivity index is 2.21. The van der Waals surface area contributed by atoms with Gasteiger partial charge in [0.1, 0.15) is 36.6 Å². The summed E-state index contributed by atoms with van der Waals surface area (Å²) >= 11 is 0. The zero-order valence-electron chi connectivity index (χ0n) is 13.1. The third-order valence-electron chi connectivity index (χ3n) is 4.50. The monoisotopic (exact) mass is 351 g/mol. The minimum Gasteiger partial charge on any atom is -0.394 e. The molecule has 8 N–H and O–H groups in total. The molecule has 10 heteroatoms. The van der Waals surface area contributed by atoms with Crippen LogP contribution in [0.5, 0.6) is 0 Å². The van der Waals surface area contributed by atoms with Crippen LogP contribution in [0, 0.1) is 0 Å². The summed E-state index contributed by atoms with van der Waals surface area (Å²) in [6.45, 7) is -1.04. The van der Waals surface area contributed by atoms with Crippen molar-refractivity contribution in [3.63, 3.8) is 0 Å². The molecule has 1 heterocycles. The first-order valence-electron chi connectivity index (χ1n) is 7.62. The standard InChI is InChI=1S/C14H25NO9/c1-23-14-12(21)8(11(20)7(4-17)24-14)15-6-2-5(3-16)9(18)13(22)10(6)19/h2,6-22H,3-4H2,1H3/t6-,7+,8-,9+,10-,11+,12+,13-,14-/m0/s1. The molecule has 1 fully saturated rings. The summed E-state index contributed by atoms with van der Waals surface area (Å²) in [5.41, 5.74) is 0.100. The Morgan fingerprint density at radius 3 is 2.25 bits per heavy atom. The molecule has 1 aliphatic heterocycles. The number of rotatable bonds is 5. The van der Waals surface area contributed by atoms with E-state index < -0.39 is 68.2 Å². The topological polar surface area (TPSA) is 172 Å². The second-order valence-electron chi connectivity index (χ2n) is 5.99. The molecule has 0 amide bonds. The van der Waals surface area contributed by atoms with Crippen LogP contribution in [0.2, 0.25) is 0 Å². The van der Waals surface area contributed by atoms with E-state index in [1.807, 2.05) is 0 Å². The molecule has 0 aromatic carbocycles. The van der Waals surface area contributed by atoms with Crippen molar-refractivity contribution in [3.05, 3.63) is 11.6 Å². The van der Waals surface area contributed by atoms with Crippen LogP contribution in [0.25, 0.3) is 0 Å². The SMILES string of the molecule is CO[C@H]1O[C@H](CO)[C@@H](O)[C@H](N[C@H]2C=C(CO)[C@@H](O)[C@H](O)[C@H]2O)[C@H]1O. The van der Waals surface area contributed by atoms with Crippen molar-refractivity contribution < 1.29 is 45.2 Å². The van der Waals surface area contributed by atoms with Gasteiger partial charge in [-0.3, -0.25) is 0 Å². The number of hydrogen-bond donors (Lipinski definition) is 8. The van der Waals surface area contributed by atoms with E-state index in [1.54, 1.807) is 0 Å². The van der Waals surface area contributed by atoms with Gasteiger partial charge in [0.25, 0.3) is 0 Å². The number of aliphatic hydroxyl groups is 7. The molecule has 10 nitrogen and oxygen atoms in total. The third-order valence-corrected chi connectivity index (χ3v) is 4.50. The molecule has 2 aliphatic rings. The van der Waals surface area contributed by atoms with Gasteiger partial charge in [0.15, 0.2) is 6.29 Å². The Bertz CT molecular complexity index is 432. The Hall–Kier alpha value is -0.660. The summed E-state index contributed by atoms with van der Waals surface area (Å²) < 4.78 is 10.2. The van der Waals surface area contributed by atoms with Crippen molar-refractivity contribution >= 4 is 0 Å². The molecule has 0 spiro atoms. The molecule has 1 aliphatic carbocycles. The highest BCUT2D eigenvalue weighted by atomic mass is 16.7. The average molecular weight is 351 g/mol. The first kappa shape index (κ1) is 19.7. The lowest BCUT2D eigenvalue weighted by molar-refractivity contribution is -0.272. The molecule has 0 aromatic rings. The number of nitrogens with one attached hydrogen (secondary N) is 1. The van der Waals surface area contributed by atoms with Crippen LogP contribution in [0.15, 0.2) is 11.6 Å². The van der Waals surface area contributed by atoms with E-state index in [4.69, 9.17) is 9.47 Å². The molecule has 9 atom stereocenters. The summed E-state index contributed by atoms with van der Waals surface area (Å²) in [5, 5.41) is 71.5. The highest BCUT2D eigenvalue weighted by Gasteiger charge is 2.47. The van der Waals surface area contributed by atoms with Crippen molar-refractivity contribution in [2.24, 2.45) is 0 Å². The number of aliphatic hydroxyl groups excluding tert-OH is 7. The second kappa shape index (κ2) is 8.15. The van der Waals surface area contributed by atoms with Gasteiger partial charge in [-0.2, -0.15) is 0 Å². The fourth-order valence-corrected chi connectivity index (χ4v) is 3.04. The van der Waals surface area contributed by atoms with Gasteiger partial charge >= 0.3 is 0 Å². The molecular weight excluding hydrogens is 326 g/mol. The van der Waals surface area contributed by atoms with Crippen LogP contribution in [0.4, 0.5) is 0 Å². The quantitative estimate of drug-likeness (QED) is 0.225. The smallest absolute Gasteiger partial charge is 0.185 e. The minimum absolute atomic E-state index is 0.100. The first-order valence-corrected chi connectivity index (χ1v) is 7.62. The summed E-state index contributed by atoms with van der Waals surface area (Å²) in [4.78, 5) is 0. The van der Waals surface area contributed by atoms with Crippen molar-refractivity contribution in [2.45, 2.75) is 55.0 Å². The predicted molar refractivity (Wildman–Crippen MR) is 78.7 cm³/mol. The van der Waals surface area contributed by atoms with Crippen molar-refractivity contribution in [1.82, 2.24) is 5.32 Å².